The second kappa shape index (κ2) is 9.80. The van der Waals surface area contributed by atoms with Crippen molar-refractivity contribution in [3.05, 3.63) is 78.6 Å². The van der Waals surface area contributed by atoms with Crippen LogP contribution in [0.4, 0.5) is 16.2 Å². The highest BCUT2D eigenvalue weighted by Crippen LogP contribution is 2.17. The molecule has 31 heavy (non-hydrogen) atoms. The van der Waals surface area contributed by atoms with Crippen LogP contribution in [0.25, 0.3) is 0 Å². The molecule has 0 saturated carbocycles. The summed E-state index contributed by atoms with van der Waals surface area (Å²) in [4.78, 5) is 29.0. The van der Waals surface area contributed by atoms with Gasteiger partial charge in [-0.25, -0.2) is 4.79 Å². The van der Waals surface area contributed by atoms with Crippen molar-refractivity contribution in [1.29, 1.82) is 0 Å². The Balaban J connectivity index is 1.25. The molecule has 2 heterocycles. The summed E-state index contributed by atoms with van der Waals surface area (Å²) >= 11 is 0. The van der Waals surface area contributed by atoms with Gasteiger partial charge in [-0.05, 0) is 29.8 Å². The van der Waals surface area contributed by atoms with Crippen molar-refractivity contribution in [2.45, 2.75) is 6.54 Å². The number of hydrogen-bond donors (Lipinski definition) is 2. The van der Waals surface area contributed by atoms with E-state index in [0.717, 1.165) is 18.7 Å². The van der Waals surface area contributed by atoms with Crippen LogP contribution in [0.5, 0.6) is 0 Å². The average Bonchev–Trinajstić information content (AvgIpc) is 3.33. The van der Waals surface area contributed by atoms with Crippen molar-refractivity contribution in [3.63, 3.8) is 0 Å². The van der Waals surface area contributed by atoms with Gasteiger partial charge in [-0.2, -0.15) is 5.10 Å². The van der Waals surface area contributed by atoms with Crippen LogP contribution in [0.1, 0.15) is 5.56 Å². The van der Waals surface area contributed by atoms with Gasteiger partial charge in [0.1, 0.15) is 0 Å². The number of amides is 3. The van der Waals surface area contributed by atoms with E-state index in [-0.39, 0.29) is 12.5 Å². The molecule has 1 aromatic heterocycles. The van der Waals surface area contributed by atoms with Gasteiger partial charge in [0.05, 0.1) is 13.1 Å². The normalized spacial score (nSPS) is 13.7. The Morgan fingerprint density at radius 1 is 0.903 bits per heavy atom. The minimum absolute atomic E-state index is 0.0293. The van der Waals surface area contributed by atoms with Crippen molar-refractivity contribution in [3.8, 4) is 0 Å². The third-order valence-corrected chi connectivity index (χ3v) is 5.31. The largest absolute Gasteiger partial charge is 0.368 e. The van der Waals surface area contributed by atoms with Gasteiger partial charge < -0.3 is 20.4 Å². The van der Waals surface area contributed by atoms with Crippen LogP contribution in [0.2, 0.25) is 0 Å². The maximum absolute atomic E-state index is 12.5. The van der Waals surface area contributed by atoms with E-state index in [9.17, 15) is 9.59 Å². The molecule has 3 aromatic rings. The summed E-state index contributed by atoms with van der Waals surface area (Å²) in [6, 6.07) is 19.2. The molecular weight excluding hydrogens is 392 g/mol. The van der Waals surface area contributed by atoms with Crippen molar-refractivity contribution >= 4 is 23.3 Å². The predicted molar refractivity (Wildman–Crippen MR) is 120 cm³/mol. The van der Waals surface area contributed by atoms with Gasteiger partial charge in [0.25, 0.3) is 0 Å². The maximum atomic E-state index is 12.5. The van der Waals surface area contributed by atoms with E-state index in [1.165, 1.54) is 5.69 Å². The molecule has 2 aromatic carbocycles. The third kappa shape index (κ3) is 5.42. The summed E-state index contributed by atoms with van der Waals surface area (Å²) in [5.74, 6) is -0.0762. The Hall–Kier alpha value is -3.81. The zero-order valence-corrected chi connectivity index (χ0v) is 17.3. The highest BCUT2D eigenvalue weighted by atomic mass is 16.2. The summed E-state index contributed by atoms with van der Waals surface area (Å²) in [6.45, 7) is 3.37. The predicted octanol–water partition coefficient (Wildman–Crippen LogP) is 2.40. The molecule has 1 aliphatic rings. The lowest BCUT2D eigenvalue weighted by molar-refractivity contribution is -0.130. The van der Waals surface area contributed by atoms with E-state index in [1.807, 2.05) is 54.7 Å². The molecule has 4 rings (SSSR count). The van der Waals surface area contributed by atoms with Gasteiger partial charge in [0.2, 0.25) is 5.91 Å². The number of rotatable bonds is 6. The monoisotopic (exact) mass is 418 g/mol. The topological polar surface area (TPSA) is 82.5 Å². The smallest absolute Gasteiger partial charge is 0.319 e. The van der Waals surface area contributed by atoms with Crippen LogP contribution in [0, 0.1) is 0 Å². The minimum atomic E-state index is -0.399. The standard InChI is InChI=1S/C23H26N6O2/c30-22(28-15-13-27(14-16-28)20-8-2-1-3-9-20)17-24-23(31)26-21-10-5-4-7-19(21)18-29-12-6-11-25-29/h1-12H,13-18H2,(H2,24,26,31). The number of carbonyl (C=O) groups excluding carboxylic acids is 2. The van der Waals surface area contributed by atoms with Crippen LogP contribution in [-0.2, 0) is 11.3 Å². The van der Waals surface area contributed by atoms with Gasteiger partial charge in [-0.15, -0.1) is 0 Å². The molecule has 8 heteroatoms. The first-order valence-corrected chi connectivity index (χ1v) is 10.4. The zero-order chi connectivity index (χ0) is 21.5. The summed E-state index contributed by atoms with van der Waals surface area (Å²) in [5, 5.41) is 9.72. The highest BCUT2D eigenvalue weighted by molar-refractivity contribution is 5.93. The van der Waals surface area contributed by atoms with E-state index in [4.69, 9.17) is 0 Å². The number of benzene rings is 2. The quantitative estimate of drug-likeness (QED) is 0.644. The van der Waals surface area contributed by atoms with E-state index in [2.05, 4.69) is 32.8 Å². The summed E-state index contributed by atoms with van der Waals surface area (Å²) in [7, 11) is 0. The second-order valence-corrected chi connectivity index (χ2v) is 7.37. The average molecular weight is 419 g/mol. The molecule has 0 radical (unpaired) electrons. The molecule has 0 spiro atoms. The number of hydrogen-bond acceptors (Lipinski definition) is 4. The van der Waals surface area contributed by atoms with Gasteiger partial charge >= 0.3 is 6.03 Å². The Bertz CT molecular complexity index is 998. The summed E-state index contributed by atoms with van der Waals surface area (Å²) in [6.07, 6.45) is 3.58. The minimum Gasteiger partial charge on any atom is -0.368 e. The number of piperazine rings is 1. The molecule has 1 saturated heterocycles. The molecule has 0 aliphatic carbocycles. The Kier molecular flexibility index (Phi) is 6.47. The van der Waals surface area contributed by atoms with Crippen molar-refractivity contribution in [2.24, 2.45) is 0 Å². The fourth-order valence-corrected chi connectivity index (χ4v) is 3.64. The SMILES string of the molecule is O=C(NCC(=O)N1CCN(c2ccccc2)CC1)Nc1ccccc1Cn1cccn1. The highest BCUT2D eigenvalue weighted by Gasteiger charge is 2.21. The van der Waals surface area contributed by atoms with Crippen molar-refractivity contribution in [1.82, 2.24) is 20.0 Å². The number of nitrogens with one attached hydrogen (secondary N) is 2. The lowest BCUT2D eigenvalue weighted by atomic mass is 10.2. The third-order valence-electron chi connectivity index (χ3n) is 5.31. The molecule has 0 atom stereocenters. The van der Waals surface area contributed by atoms with Crippen LogP contribution >= 0.6 is 0 Å². The number of carbonyl (C=O) groups is 2. The number of anilines is 2. The molecule has 2 N–H and O–H groups in total. The van der Waals surface area contributed by atoms with E-state index in [1.54, 1.807) is 15.8 Å². The van der Waals surface area contributed by atoms with Gasteiger partial charge in [-0.1, -0.05) is 36.4 Å². The van der Waals surface area contributed by atoms with Crippen LogP contribution in [0.15, 0.2) is 73.1 Å². The zero-order valence-electron chi connectivity index (χ0n) is 17.3. The molecule has 160 valence electrons. The first kappa shape index (κ1) is 20.5. The lowest BCUT2D eigenvalue weighted by Crippen LogP contribution is -2.51. The second-order valence-electron chi connectivity index (χ2n) is 7.37. The van der Waals surface area contributed by atoms with E-state index in [0.29, 0.717) is 25.3 Å². The lowest BCUT2D eigenvalue weighted by Gasteiger charge is -2.36. The summed E-state index contributed by atoms with van der Waals surface area (Å²) < 4.78 is 1.79. The van der Waals surface area contributed by atoms with Gasteiger partial charge in [-0.3, -0.25) is 9.48 Å². The Morgan fingerprint density at radius 2 is 1.65 bits per heavy atom. The van der Waals surface area contributed by atoms with Gasteiger partial charge in [0.15, 0.2) is 0 Å². The maximum Gasteiger partial charge on any atom is 0.319 e. The van der Waals surface area contributed by atoms with Crippen LogP contribution < -0.4 is 15.5 Å². The molecule has 3 amide bonds. The van der Waals surface area contributed by atoms with Crippen LogP contribution in [-0.4, -0.2) is 59.3 Å². The molecule has 1 aliphatic heterocycles. The summed E-state index contributed by atoms with van der Waals surface area (Å²) in [5.41, 5.74) is 2.80. The fourth-order valence-electron chi connectivity index (χ4n) is 3.64. The molecule has 0 unspecified atom stereocenters. The first-order valence-electron chi connectivity index (χ1n) is 10.4. The van der Waals surface area contributed by atoms with Crippen LogP contribution in [0.3, 0.4) is 0 Å². The van der Waals surface area contributed by atoms with Gasteiger partial charge in [0, 0.05) is 49.9 Å². The number of aromatic nitrogens is 2. The molecule has 8 nitrogen and oxygen atoms in total. The van der Waals surface area contributed by atoms with E-state index < -0.39 is 6.03 Å². The molecular formula is C23H26N6O2. The van der Waals surface area contributed by atoms with Crippen molar-refractivity contribution < 1.29 is 9.59 Å². The molecule has 1 fully saturated rings. The number of nitrogens with zero attached hydrogens (tertiary/aromatic N) is 4. The number of urea groups is 1. The Morgan fingerprint density at radius 3 is 2.39 bits per heavy atom. The van der Waals surface area contributed by atoms with Crippen molar-refractivity contribution in [2.75, 3.05) is 42.9 Å². The first-order chi connectivity index (χ1) is 15.2. The number of para-hydroxylation sites is 2. The van der Waals surface area contributed by atoms with E-state index >= 15 is 0 Å². The fraction of sp³-hybridized carbons (Fsp3) is 0.261. The Labute approximate surface area is 181 Å². The molecule has 0 bridgehead atoms.